The van der Waals surface area contributed by atoms with E-state index in [1.807, 2.05) is 0 Å². The molecule has 1 fully saturated rings. The number of methoxy groups -OCH3 is 1. The van der Waals surface area contributed by atoms with Crippen LogP contribution in [0.3, 0.4) is 0 Å². The highest BCUT2D eigenvalue weighted by molar-refractivity contribution is 5.72. The lowest BCUT2D eigenvalue weighted by molar-refractivity contribution is -0.160. The summed E-state index contributed by atoms with van der Waals surface area (Å²) in [7, 11) is 1.52. The molecule has 3 nitrogen and oxygen atoms in total. The van der Waals surface area contributed by atoms with Crippen molar-refractivity contribution in [3.05, 3.63) is 0 Å². The molecular formula is C9H16O3. The Morgan fingerprint density at radius 3 is 2.58 bits per heavy atom. The highest BCUT2D eigenvalue weighted by Crippen LogP contribution is 2.24. The zero-order valence-corrected chi connectivity index (χ0v) is 7.54. The Morgan fingerprint density at radius 1 is 1.33 bits per heavy atom. The van der Waals surface area contributed by atoms with Gasteiger partial charge in [0, 0.05) is 7.11 Å². The maximum atomic E-state index is 11.3. The molecule has 0 radical (unpaired) electrons. The molecule has 0 unspecified atom stereocenters. The van der Waals surface area contributed by atoms with Gasteiger partial charge < -0.3 is 9.47 Å². The maximum Gasteiger partial charge on any atom is 0.311 e. The van der Waals surface area contributed by atoms with Crippen LogP contribution in [0, 0.1) is 5.92 Å². The van der Waals surface area contributed by atoms with E-state index in [2.05, 4.69) is 4.74 Å². The van der Waals surface area contributed by atoms with Gasteiger partial charge in [0.15, 0.2) is 6.79 Å². The predicted octanol–water partition coefficient (Wildman–Crippen LogP) is 1.71. The van der Waals surface area contributed by atoms with Crippen molar-refractivity contribution in [1.29, 1.82) is 0 Å². The van der Waals surface area contributed by atoms with Crippen molar-refractivity contribution in [1.82, 2.24) is 0 Å². The summed E-state index contributed by atoms with van der Waals surface area (Å²) in [5.41, 5.74) is 0. The van der Waals surface area contributed by atoms with Gasteiger partial charge in [0.2, 0.25) is 0 Å². The summed E-state index contributed by atoms with van der Waals surface area (Å²) >= 11 is 0. The average Bonchev–Trinajstić information content (AvgIpc) is 2.15. The molecule has 1 aliphatic carbocycles. The molecule has 0 spiro atoms. The summed E-state index contributed by atoms with van der Waals surface area (Å²) < 4.78 is 9.53. The van der Waals surface area contributed by atoms with Crippen LogP contribution in [0.15, 0.2) is 0 Å². The Labute approximate surface area is 73.0 Å². The Kier molecular flexibility index (Phi) is 4.08. The second-order valence-corrected chi connectivity index (χ2v) is 3.20. The van der Waals surface area contributed by atoms with Crippen molar-refractivity contribution in [3.8, 4) is 0 Å². The van der Waals surface area contributed by atoms with E-state index >= 15 is 0 Å². The SMILES string of the molecule is COCOC(=O)C1CCCCC1. The Balaban J connectivity index is 2.20. The highest BCUT2D eigenvalue weighted by Gasteiger charge is 2.21. The molecule has 0 N–H and O–H groups in total. The molecule has 12 heavy (non-hydrogen) atoms. The second-order valence-electron chi connectivity index (χ2n) is 3.20. The van der Waals surface area contributed by atoms with Gasteiger partial charge in [-0.15, -0.1) is 0 Å². The minimum atomic E-state index is -0.0865. The Hall–Kier alpha value is -0.570. The van der Waals surface area contributed by atoms with Gasteiger partial charge in [-0.2, -0.15) is 0 Å². The summed E-state index contributed by atoms with van der Waals surface area (Å²) in [6.07, 6.45) is 5.55. The first-order valence-electron chi connectivity index (χ1n) is 4.50. The standard InChI is InChI=1S/C9H16O3/c1-11-7-12-9(10)8-5-3-2-4-6-8/h8H,2-7H2,1H3. The van der Waals surface area contributed by atoms with E-state index in [9.17, 15) is 4.79 Å². The number of hydrogen-bond acceptors (Lipinski definition) is 3. The van der Waals surface area contributed by atoms with Crippen molar-refractivity contribution < 1.29 is 14.3 Å². The van der Waals surface area contributed by atoms with Gasteiger partial charge in [0.1, 0.15) is 0 Å². The van der Waals surface area contributed by atoms with E-state index in [1.54, 1.807) is 0 Å². The molecular weight excluding hydrogens is 156 g/mol. The van der Waals surface area contributed by atoms with Gasteiger partial charge in [-0.1, -0.05) is 19.3 Å². The second kappa shape index (κ2) is 5.14. The lowest BCUT2D eigenvalue weighted by atomic mass is 9.89. The molecule has 0 amide bonds. The number of esters is 1. The number of carbonyl (C=O) groups excluding carboxylic acids is 1. The molecule has 0 bridgehead atoms. The van der Waals surface area contributed by atoms with E-state index in [-0.39, 0.29) is 18.7 Å². The third-order valence-electron chi connectivity index (χ3n) is 2.26. The normalized spacial score (nSPS) is 19.1. The largest absolute Gasteiger partial charge is 0.438 e. The molecule has 0 atom stereocenters. The van der Waals surface area contributed by atoms with E-state index < -0.39 is 0 Å². The molecule has 3 heteroatoms. The minimum absolute atomic E-state index is 0.0865. The summed E-state index contributed by atoms with van der Waals surface area (Å²) in [6.45, 7) is 0.0926. The van der Waals surface area contributed by atoms with Crippen molar-refractivity contribution in [3.63, 3.8) is 0 Å². The molecule has 0 heterocycles. The van der Waals surface area contributed by atoms with Crippen LogP contribution in [0.2, 0.25) is 0 Å². The third-order valence-corrected chi connectivity index (χ3v) is 2.26. The highest BCUT2D eigenvalue weighted by atomic mass is 16.7. The van der Waals surface area contributed by atoms with Crippen LogP contribution >= 0.6 is 0 Å². The van der Waals surface area contributed by atoms with E-state index in [0.29, 0.717) is 0 Å². The Bertz CT molecular complexity index is 139. The smallest absolute Gasteiger partial charge is 0.311 e. The Morgan fingerprint density at radius 2 is 2.00 bits per heavy atom. The zero-order valence-electron chi connectivity index (χ0n) is 7.54. The van der Waals surface area contributed by atoms with E-state index in [4.69, 9.17) is 4.74 Å². The first kappa shape index (κ1) is 9.52. The van der Waals surface area contributed by atoms with Gasteiger partial charge in [-0.3, -0.25) is 4.79 Å². The zero-order chi connectivity index (χ0) is 8.81. The molecule has 0 aromatic rings. The average molecular weight is 172 g/mol. The maximum absolute atomic E-state index is 11.3. The monoisotopic (exact) mass is 172 g/mol. The number of rotatable bonds is 3. The van der Waals surface area contributed by atoms with Crippen LogP contribution in [0.25, 0.3) is 0 Å². The first-order chi connectivity index (χ1) is 5.84. The van der Waals surface area contributed by atoms with Crippen molar-refractivity contribution in [2.24, 2.45) is 5.92 Å². The minimum Gasteiger partial charge on any atom is -0.438 e. The van der Waals surface area contributed by atoms with Gasteiger partial charge in [-0.25, -0.2) is 0 Å². The lowest BCUT2D eigenvalue weighted by Crippen LogP contribution is -2.21. The van der Waals surface area contributed by atoms with Crippen LogP contribution in [0.5, 0.6) is 0 Å². The lowest BCUT2D eigenvalue weighted by Gasteiger charge is -2.19. The molecule has 0 aromatic heterocycles. The van der Waals surface area contributed by atoms with Crippen molar-refractivity contribution in [2.45, 2.75) is 32.1 Å². The number of ether oxygens (including phenoxy) is 2. The fourth-order valence-corrected chi connectivity index (χ4v) is 1.57. The summed E-state index contributed by atoms with van der Waals surface area (Å²) in [5.74, 6) is 0.0467. The molecule has 0 aliphatic heterocycles. The van der Waals surface area contributed by atoms with Crippen molar-refractivity contribution in [2.75, 3.05) is 13.9 Å². The third kappa shape index (κ3) is 2.81. The van der Waals surface area contributed by atoms with Gasteiger partial charge in [-0.05, 0) is 12.8 Å². The summed E-state index contributed by atoms with van der Waals surface area (Å²) in [4.78, 5) is 11.3. The van der Waals surface area contributed by atoms with Crippen LogP contribution < -0.4 is 0 Å². The fourth-order valence-electron chi connectivity index (χ4n) is 1.57. The molecule has 0 aromatic carbocycles. The number of carbonyl (C=O) groups is 1. The quantitative estimate of drug-likeness (QED) is 0.480. The fraction of sp³-hybridized carbons (Fsp3) is 0.889. The van der Waals surface area contributed by atoms with Crippen molar-refractivity contribution >= 4 is 5.97 Å². The van der Waals surface area contributed by atoms with E-state index in [1.165, 1.54) is 13.5 Å². The summed E-state index contributed by atoms with van der Waals surface area (Å²) in [6, 6.07) is 0. The molecule has 1 rings (SSSR count). The molecule has 70 valence electrons. The van der Waals surface area contributed by atoms with Gasteiger partial charge >= 0.3 is 5.97 Å². The van der Waals surface area contributed by atoms with Gasteiger partial charge in [0.25, 0.3) is 0 Å². The topological polar surface area (TPSA) is 35.5 Å². The molecule has 0 saturated heterocycles. The molecule has 1 aliphatic rings. The number of hydrogen-bond donors (Lipinski definition) is 0. The van der Waals surface area contributed by atoms with Crippen LogP contribution in [0.1, 0.15) is 32.1 Å². The molecule has 1 saturated carbocycles. The summed E-state index contributed by atoms with van der Waals surface area (Å²) in [5, 5.41) is 0. The van der Waals surface area contributed by atoms with E-state index in [0.717, 1.165) is 25.7 Å². The van der Waals surface area contributed by atoms with Gasteiger partial charge in [0.05, 0.1) is 5.92 Å². The van der Waals surface area contributed by atoms with Crippen LogP contribution in [0.4, 0.5) is 0 Å². The van der Waals surface area contributed by atoms with Crippen LogP contribution in [-0.4, -0.2) is 19.9 Å². The predicted molar refractivity (Wildman–Crippen MR) is 44.5 cm³/mol. The first-order valence-corrected chi connectivity index (χ1v) is 4.50. The van der Waals surface area contributed by atoms with Crippen LogP contribution in [-0.2, 0) is 14.3 Å².